The summed E-state index contributed by atoms with van der Waals surface area (Å²) in [5.74, 6) is 1.74. The SMILES string of the molecule is Cc1nccn1-c1cc(N2CCC(C(=O)Nc3ccc(F)c(Cl)c3)CC2)ncn1. The largest absolute Gasteiger partial charge is 0.356 e. The van der Waals surface area contributed by atoms with E-state index in [0.29, 0.717) is 31.6 Å². The van der Waals surface area contributed by atoms with Gasteiger partial charge in [-0.1, -0.05) is 11.6 Å². The van der Waals surface area contributed by atoms with E-state index in [9.17, 15) is 9.18 Å². The maximum Gasteiger partial charge on any atom is 0.227 e. The third-order valence-electron chi connectivity index (χ3n) is 5.09. The molecule has 0 saturated carbocycles. The van der Waals surface area contributed by atoms with Gasteiger partial charge in [0.05, 0.1) is 5.02 Å². The van der Waals surface area contributed by atoms with E-state index in [-0.39, 0.29) is 16.8 Å². The van der Waals surface area contributed by atoms with Gasteiger partial charge in [-0.3, -0.25) is 9.36 Å². The number of rotatable bonds is 4. The van der Waals surface area contributed by atoms with Crippen LogP contribution in [0.4, 0.5) is 15.9 Å². The van der Waals surface area contributed by atoms with Crippen LogP contribution in [-0.4, -0.2) is 38.5 Å². The maximum atomic E-state index is 13.3. The summed E-state index contributed by atoms with van der Waals surface area (Å²) in [6, 6.07) is 6.10. The Balaban J connectivity index is 1.38. The molecule has 3 aromatic rings. The van der Waals surface area contributed by atoms with Crippen molar-refractivity contribution in [2.24, 2.45) is 5.92 Å². The average Bonchev–Trinajstić information content (AvgIpc) is 3.17. The van der Waals surface area contributed by atoms with Crippen LogP contribution in [0.15, 0.2) is 43.0 Å². The van der Waals surface area contributed by atoms with Crippen LogP contribution in [0.1, 0.15) is 18.7 Å². The third kappa shape index (κ3) is 4.22. The van der Waals surface area contributed by atoms with Gasteiger partial charge in [-0.25, -0.2) is 19.3 Å². The lowest BCUT2D eigenvalue weighted by Crippen LogP contribution is -2.38. The second kappa shape index (κ2) is 8.16. The molecule has 0 bridgehead atoms. The first-order valence-electron chi connectivity index (χ1n) is 9.34. The number of piperidine rings is 1. The van der Waals surface area contributed by atoms with Crippen molar-refractivity contribution in [3.05, 3.63) is 59.7 Å². The van der Waals surface area contributed by atoms with Gasteiger partial charge >= 0.3 is 0 Å². The van der Waals surface area contributed by atoms with Gasteiger partial charge in [-0.2, -0.15) is 0 Å². The van der Waals surface area contributed by atoms with Crippen molar-refractivity contribution in [1.29, 1.82) is 0 Å². The van der Waals surface area contributed by atoms with Gasteiger partial charge in [0.1, 0.15) is 29.6 Å². The van der Waals surface area contributed by atoms with Crippen molar-refractivity contribution in [3.63, 3.8) is 0 Å². The standard InChI is InChI=1S/C20H20ClFN6O/c1-13-23-6-9-28(13)19-11-18(24-12-25-19)27-7-4-14(5-8-27)20(29)26-15-2-3-17(22)16(21)10-15/h2-3,6,9-12,14H,4-5,7-8H2,1H3,(H,26,29). The summed E-state index contributed by atoms with van der Waals surface area (Å²) >= 11 is 5.78. The monoisotopic (exact) mass is 414 g/mol. The number of imidazole rings is 1. The van der Waals surface area contributed by atoms with Crippen LogP contribution in [0.5, 0.6) is 0 Å². The number of hydrogen-bond donors (Lipinski definition) is 1. The Morgan fingerprint density at radius 1 is 1.17 bits per heavy atom. The summed E-state index contributed by atoms with van der Waals surface area (Å²) in [7, 11) is 0. The number of amides is 1. The zero-order valence-corrected chi connectivity index (χ0v) is 16.6. The van der Waals surface area contributed by atoms with Crippen LogP contribution in [0, 0.1) is 18.7 Å². The van der Waals surface area contributed by atoms with E-state index in [1.165, 1.54) is 18.2 Å². The number of benzene rings is 1. The summed E-state index contributed by atoms with van der Waals surface area (Å²) in [4.78, 5) is 27.6. The van der Waals surface area contributed by atoms with Gasteiger partial charge in [0.2, 0.25) is 5.91 Å². The van der Waals surface area contributed by atoms with Crippen molar-refractivity contribution >= 4 is 29.0 Å². The van der Waals surface area contributed by atoms with Crippen LogP contribution in [0.25, 0.3) is 5.82 Å². The molecule has 1 amide bonds. The van der Waals surface area contributed by atoms with Crippen molar-refractivity contribution in [1.82, 2.24) is 19.5 Å². The lowest BCUT2D eigenvalue weighted by Gasteiger charge is -2.32. The highest BCUT2D eigenvalue weighted by Crippen LogP contribution is 2.25. The molecule has 0 unspecified atom stereocenters. The van der Waals surface area contributed by atoms with Gasteiger partial charge in [-0.15, -0.1) is 0 Å². The Labute approximate surface area is 172 Å². The van der Waals surface area contributed by atoms with Crippen molar-refractivity contribution in [3.8, 4) is 5.82 Å². The summed E-state index contributed by atoms with van der Waals surface area (Å²) in [6.45, 7) is 3.34. The van der Waals surface area contributed by atoms with E-state index in [0.717, 1.165) is 17.5 Å². The molecule has 1 fully saturated rings. The van der Waals surface area contributed by atoms with E-state index >= 15 is 0 Å². The highest BCUT2D eigenvalue weighted by molar-refractivity contribution is 6.31. The molecule has 2 aromatic heterocycles. The minimum Gasteiger partial charge on any atom is -0.356 e. The minimum absolute atomic E-state index is 0.00897. The molecule has 29 heavy (non-hydrogen) atoms. The number of carbonyl (C=O) groups is 1. The van der Waals surface area contributed by atoms with E-state index in [1.807, 2.05) is 23.8 Å². The Kier molecular flexibility index (Phi) is 5.44. The third-order valence-corrected chi connectivity index (χ3v) is 5.38. The molecule has 9 heteroatoms. The molecule has 1 aliphatic heterocycles. The fourth-order valence-electron chi connectivity index (χ4n) is 3.45. The lowest BCUT2D eigenvalue weighted by molar-refractivity contribution is -0.120. The van der Waals surface area contributed by atoms with Gasteiger partial charge in [0, 0.05) is 43.2 Å². The molecule has 1 aromatic carbocycles. The fraction of sp³-hybridized carbons (Fsp3) is 0.300. The van der Waals surface area contributed by atoms with Gasteiger partial charge in [0.25, 0.3) is 0 Å². The first kappa shape index (κ1) is 19.3. The molecule has 0 atom stereocenters. The van der Waals surface area contributed by atoms with Gasteiger partial charge in [-0.05, 0) is 38.0 Å². The molecule has 3 heterocycles. The molecule has 1 N–H and O–H groups in total. The summed E-state index contributed by atoms with van der Waals surface area (Å²) in [6.07, 6.45) is 6.53. The number of anilines is 2. The van der Waals surface area contributed by atoms with Crippen molar-refractivity contribution < 1.29 is 9.18 Å². The number of carbonyl (C=O) groups excluding carboxylic acids is 1. The van der Waals surface area contributed by atoms with Gasteiger partial charge < -0.3 is 10.2 Å². The zero-order valence-electron chi connectivity index (χ0n) is 15.8. The van der Waals surface area contributed by atoms with Crippen molar-refractivity contribution in [2.45, 2.75) is 19.8 Å². The first-order valence-corrected chi connectivity index (χ1v) is 9.72. The fourth-order valence-corrected chi connectivity index (χ4v) is 3.63. The highest BCUT2D eigenvalue weighted by atomic mass is 35.5. The normalized spacial score (nSPS) is 14.8. The number of hydrogen-bond acceptors (Lipinski definition) is 5. The molecule has 1 saturated heterocycles. The molecule has 4 rings (SSSR count). The topological polar surface area (TPSA) is 75.9 Å². The minimum atomic E-state index is -0.506. The van der Waals surface area contributed by atoms with E-state index in [1.54, 1.807) is 12.5 Å². The van der Waals surface area contributed by atoms with Crippen LogP contribution in [0.3, 0.4) is 0 Å². The predicted molar refractivity (Wildman–Crippen MR) is 109 cm³/mol. The molecule has 0 spiro atoms. The second-order valence-electron chi connectivity index (χ2n) is 6.96. The molecule has 0 radical (unpaired) electrons. The van der Waals surface area contributed by atoms with E-state index < -0.39 is 5.82 Å². The number of nitrogens with zero attached hydrogens (tertiary/aromatic N) is 5. The number of aryl methyl sites for hydroxylation is 1. The first-order chi connectivity index (χ1) is 14.0. The van der Waals surface area contributed by atoms with Crippen LogP contribution in [0.2, 0.25) is 5.02 Å². The summed E-state index contributed by atoms with van der Waals surface area (Å²) in [5, 5.41) is 2.81. The van der Waals surface area contributed by atoms with Crippen molar-refractivity contribution in [2.75, 3.05) is 23.3 Å². The number of halogens is 2. The number of aromatic nitrogens is 4. The van der Waals surface area contributed by atoms with Crippen LogP contribution in [-0.2, 0) is 4.79 Å². The molecular weight excluding hydrogens is 395 g/mol. The molecule has 150 valence electrons. The molecule has 1 aliphatic rings. The van der Waals surface area contributed by atoms with Crippen LogP contribution >= 0.6 is 11.6 Å². The molecule has 0 aliphatic carbocycles. The van der Waals surface area contributed by atoms with Crippen LogP contribution < -0.4 is 10.2 Å². The zero-order chi connectivity index (χ0) is 20.4. The van der Waals surface area contributed by atoms with Gasteiger partial charge in [0.15, 0.2) is 0 Å². The Hall–Kier alpha value is -3.00. The lowest BCUT2D eigenvalue weighted by atomic mass is 9.96. The highest BCUT2D eigenvalue weighted by Gasteiger charge is 2.26. The molecule has 7 nitrogen and oxygen atoms in total. The average molecular weight is 415 g/mol. The Morgan fingerprint density at radius 2 is 1.93 bits per heavy atom. The van der Waals surface area contributed by atoms with E-state index in [4.69, 9.17) is 11.6 Å². The molecular formula is C20H20ClFN6O. The smallest absolute Gasteiger partial charge is 0.227 e. The summed E-state index contributed by atoms with van der Waals surface area (Å²) < 4.78 is 15.2. The van der Waals surface area contributed by atoms with E-state index in [2.05, 4.69) is 25.2 Å². The maximum absolute atomic E-state index is 13.3. The predicted octanol–water partition coefficient (Wildman–Crippen LogP) is 3.62. The Bertz CT molecular complexity index is 1030. The quantitative estimate of drug-likeness (QED) is 0.705. The summed E-state index contributed by atoms with van der Waals surface area (Å²) in [5.41, 5.74) is 0.500. The number of nitrogens with one attached hydrogen (secondary N) is 1. The second-order valence-corrected chi connectivity index (χ2v) is 7.37. The Morgan fingerprint density at radius 3 is 2.62 bits per heavy atom.